The molecule has 24 heavy (non-hydrogen) atoms. The van der Waals surface area contributed by atoms with E-state index in [1.54, 1.807) is 0 Å². The maximum absolute atomic E-state index is 13.2. The van der Waals surface area contributed by atoms with Crippen molar-refractivity contribution in [1.82, 2.24) is 0 Å². The number of hydrogen-bond acceptors (Lipinski definition) is 1. The van der Waals surface area contributed by atoms with Crippen molar-refractivity contribution in [2.24, 2.45) is 5.92 Å². The molecular weight excluding hydrogens is 306 g/mol. The van der Waals surface area contributed by atoms with Crippen molar-refractivity contribution in [3.63, 3.8) is 0 Å². The largest absolute Gasteiger partial charge is 0.489 e. The number of rotatable bonds is 6. The molecule has 0 heterocycles. The topological polar surface area (TPSA) is 9.23 Å². The van der Waals surface area contributed by atoms with Gasteiger partial charge in [-0.3, -0.25) is 0 Å². The molecule has 3 heteroatoms. The van der Waals surface area contributed by atoms with E-state index in [2.05, 4.69) is 12.1 Å². The van der Waals surface area contributed by atoms with E-state index in [0.717, 1.165) is 37.5 Å². The van der Waals surface area contributed by atoms with Crippen LogP contribution in [0.1, 0.15) is 49.7 Å². The van der Waals surface area contributed by atoms with Crippen molar-refractivity contribution < 1.29 is 13.5 Å². The molecule has 0 bridgehead atoms. The normalized spacial score (nSPS) is 21.0. The first kappa shape index (κ1) is 16.9. The van der Waals surface area contributed by atoms with Crippen molar-refractivity contribution in [2.45, 2.75) is 51.1 Å². The summed E-state index contributed by atoms with van der Waals surface area (Å²) in [7, 11) is 0. The molecule has 1 fully saturated rings. The van der Waals surface area contributed by atoms with Gasteiger partial charge in [0.25, 0.3) is 0 Å². The zero-order valence-corrected chi connectivity index (χ0v) is 14.1. The Kier molecular flexibility index (Phi) is 5.17. The Balaban J connectivity index is 1.59. The van der Waals surface area contributed by atoms with Crippen LogP contribution in [0.5, 0.6) is 5.75 Å². The molecule has 0 N–H and O–H groups in total. The van der Waals surface area contributed by atoms with E-state index < -0.39 is 5.92 Å². The molecule has 2 aromatic carbocycles. The number of ether oxygens (including phenoxy) is 1. The highest BCUT2D eigenvalue weighted by Crippen LogP contribution is 2.43. The van der Waals surface area contributed by atoms with Gasteiger partial charge >= 0.3 is 0 Å². The van der Waals surface area contributed by atoms with Crippen LogP contribution in [0.3, 0.4) is 0 Å². The molecular formula is C21H24F2O. The standard InChI is InChI=1S/C21H24F2O/c1-21(22,23)14-17-10-11-19(12-17)18-8-5-9-20(13-18)24-15-16-6-3-2-4-7-16/h2-9,13,17,19H,10-12,14-15H2,1H3. The molecule has 0 spiro atoms. The molecule has 0 aliphatic heterocycles. The second-order valence-electron chi connectivity index (χ2n) is 7.00. The molecule has 2 unspecified atom stereocenters. The molecule has 1 aliphatic carbocycles. The highest BCUT2D eigenvalue weighted by Gasteiger charge is 2.33. The Morgan fingerprint density at radius 1 is 1.04 bits per heavy atom. The van der Waals surface area contributed by atoms with Gasteiger partial charge in [-0.2, -0.15) is 0 Å². The summed E-state index contributed by atoms with van der Waals surface area (Å²) in [5.74, 6) is -1.21. The van der Waals surface area contributed by atoms with Gasteiger partial charge in [0.2, 0.25) is 5.92 Å². The Morgan fingerprint density at radius 2 is 1.83 bits per heavy atom. The van der Waals surface area contributed by atoms with Crippen LogP contribution >= 0.6 is 0 Å². The van der Waals surface area contributed by atoms with E-state index >= 15 is 0 Å². The summed E-state index contributed by atoms with van der Waals surface area (Å²) in [6.07, 6.45) is 2.74. The van der Waals surface area contributed by atoms with Gasteiger partial charge in [-0.15, -0.1) is 0 Å². The summed E-state index contributed by atoms with van der Waals surface area (Å²) in [4.78, 5) is 0. The lowest BCUT2D eigenvalue weighted by atomic mass is 9.94. The van der Waals surface area contributed by atoms with Crippen LogP contribution in [-0.4, -0.2) is 5.92 Å². The van der Waals surface area contributed by atoms with Crippen LogP contribution in [-0.2, 0) is 6.61 Å². The fraction of sp³-hybridized carbons (Fsp3) is 0.429. The lowest BCUT2D eigenvalue weighted by molar-refractivity contribution is -0.00285. The quantitative estimate of drug-likeness (QED) is 0.613. The summed E-state index contributed by atoms with van der Waals surface area (Å²) < 4.78 is 32.3. The van der Waals surface area contributed by atoms with E-state index in [1.807, 2.05) is 42.5 Å². The third-order valence-electron chi connectivity index (χ3n) is 4.77. The molecule has 0 amide bonds. The molecule has 2 atom stereocenters. The van der Waals surface area contributed by atoms with Crippen molar-refractivity contribution in [3.8, 4) is 5.75 Å². The first-order chi connectivity index (χ1) is 11.5. The zero-order valence-electron chi connectivity index (χ0n) is 14.1. The Bertz CT molecular complexity index is 648. The van der Waals surface area contributed by atoms with Crippen molar-refractivity contribution in [3.05, 3.63) is 65.7 Å². The lowest BCUT2D eigenvalue weighted by Crippen LogP contribution is -2.14. The molecule has 128 valence electrons. The van der Waals surface area contributed by atoms with Crippen LogP contribution in [0.2, 0.25) is 0 Å². The first-order valence-electron chi connectivity index (χ1n) is 8.64. The Labute approximate surface area is 142 Å². The second kappa shape index (κ2) is 7.33. The monoisotopic (exact) mass is 330 g/mol. The van der Waals surface area contributed by atoms with Crippen molar-refractivity contribution in [2.75, 3.05) is 0 Å². The summed E-state index contributed by atoms with van der Waals surface area (Å²) >= 11 is 0. The average molecular weight is 330 g/mol. The SMILES string of the molecule is CC(F)(F)CC1CCC(c2cccc(OCc3ccccc3)c2)C1. The van der Waals surface area contributed by atoms with E-state index in [4.69, 9.17) is 4.74 Å². The minimum Gasteiger partial charge on any atom is -0.489 e. The molecule has 0 radical (unpaired) electrons. The van der Waals surface area contributed by atoms with Gasteiger partial charge in [0, 0.05) is 6.42 Å². The molecule has 3 rings (SSSR count). The van der Waals surface area contributed by atoms with Gasteiger partial charge in [0.05, 0.1) is 0 Å². The average Bonchev–Trinajstić information content (AvgIpc) is 3.01. The van der Waals surface area contributed by atoms with Crippen LogP contribution in [0.4, 0.5) is 8.78 Å². The summed E-state index contributed by atoms with van der Waals surface area (Å²) in [5, 5.41) is 0. The van der Waals surface area contributed by atoms with E-state index in [1.165, 1.54) is 5.56 Å². The minimum absolute atomic E-state index is 0.00764. The van der Waals surface area contributed by atoms with Gasteiger partial charge in [-0.05, 0) is 61.3 Å². The predicted octanol–water partition coefficient (Wildman–Crippen LogP) is 6.19. The van der Waals surface area contributed by atoms with Gasteiger partial charge in [-0.25, -0.2) is 8.78 Å². The van der Waals surface area contributed by atoms with Crippen molar-refractivity contribution >= 4 is 0 Å². The fourth-order valence-electron chi connectivity index (χ4n) is 3.67. The highest BCUT2D eigenvalue weighted by atomic mass is 19.3. The summed E-state index contributed by atoms with van der Waals surface area (Å²) in [6.45, 7) is 1.57. The van der Waals surface area contributed by atoms with Crippen molar-refractivity contribution in [1.29, 1.82) is 0 Å². The molecule has 0 aromatic heterocycles. The maximum atomic E-state index is 13.2. The van der Waals surface area contributed by atoms with Gasteiger partial charge in [-0.1, -0.05) is 42.5 Å². The van der Waals surface area contributed by atoms with Gasteiger partial charge < -0.3 is 4.74 Å². The fourth-order valence-corrected chi connectivity index (χ4v) is 3.67. The lowest BCUT2D eigenvalue weighted by Gasteiger charge is -2.16. The second-order valence-corrected chi connectivity index (χ2v) is 7.00. The third kappa shape index (κ3) is 4.80. The van der Waals surface area contributed by atoms with Crippen LogP contribution in [0.25, 0.3) is 0 Å². The molecule has 1 aliphatic rings. The Morgan fingerprint density at radius 3 is 2.58 bits per heavy atom. The van der Waals surface area contributed by atoms with E-state index in [-0.39, 0.29) is 12.3 Å². The van der Waals surface area contributed by atoms with Crippen LogP contribution in [0, 0.1) is 5.92 Å². The molecule has 2 aromatic rings. The zero-order chi connectivity index (χ0) is 17.0. The molecule has 1 nitrogen and oxygen atoms in total. The molecule has 1 saturated carbocycles. The minimum atomic E-state index is -2.56. The van der Waals surface area contributed by atoms with E-state index in [9.17, 15) is 8.78 Å². The predicted molar refractivity (Wildman–Crippen MR) is 92.5 cm³/mol. The molecule has 0 saturated heterocycles. The van der Waals surface area contributed by atoms with E-state index in [0.29, 0.717) is 12.5 Å². The Hall–Kier alpha value is -1.90. The number of alkyl halides is 2. The van der Waals surface area contributed by atoms with Crippen LogP contribution < -0.4 is 4.74 Å². The number of benzene rings is 2. The number of halogens is 2. The van der Waals surface area contributed by atoms with Crippen LogP contribution in [0.15, 0.2) is 54.6 Å². The van der Waals surface area contributed by atoms with Gasteiger partial charge in [0.1, 0.15) is 12.4 Å². The number of hydrogen-bond donors (Lipinski definition) is 0. The summed E-state index contributed by atoms with van der Waals surface area (Å²) in [5.41, 5.74) is 2.34. The highest BCUT2D eigenvalue weighted by molar-refractivity contribution is 5.31. The van der Waals surface area contributed by atoms with Gasteiger partial charge in [0.15, 0.2) is 0 Å². The maximum Gasteiger partial charge on any atom is 0.245 e. The summed E-state index contributed by atoms with van der Waals surface area (Å²) in [6, 6.07) is 18.2. The smallest absolute Gasteiger partial charge is 0.245 e. The third-order valence-corrected chi connectivity index (χ3v) is 4.77. The first-order valence-corrected chi connectivity index (χ1v) is 8.64.